The molecule has 0 saturated carbocycles. The number of aliphatic hydroxyl groups is 5. The molecule has 0 bridgehead atoms. The van der Waals surface area contributed by atoms with E-state index in [-0.39, 0.29) is 18.9 Å². The van der Waals surface area contributed by atoms with Crippen LogP contribution >= 0.6 is 0 Å². The Morgan fingerprint density at radius 1 is 0.500 bits per heavy atom. The molecule has 1 amide bonds. The van der Waals surface area contributed by atoms with Crippen LogP contribution < -0.4 is 5.32 Å². The van der Waals surface area contributed by atoms with Gasteiger partial charge in [0.25, 0.3) is 0 Å². The van der Waals surface area contributed by atoms with E-state index in [1.165, 1.54) is 116 Å². The molecule has 0 aromatic rings. The van der Waals surface area contributed by atoms with Crippen LogP contribution in [0.5, 0.6) is 0 Å². The minimum atomic E-state index is -1.59. The Balaban J connectivity index is 2.33. The SMILES string of the molecule is CC/C=C\C/C=C\C/C=C\C/C=C\C/C=C\C/C=C\CCC(=O)NC(COC1OC(CO)C(O)C(O)C1O)C(O)/C=C/CC/C=C/CC/C=C/CCCCCCCCCCCCCCCCCCCC. The fourth-order valence-corrected chi connectivity index (χ4v) is 8.15. The minimum absolute atomic E-state index is 0.203. The highest BCUT2D eigenvalue weighted by atomic mass is 16.7. The van der Waals surface area contributed by atoms with Crippen molar-refractivity contribution < 1.29 is 39.8 Å². The first-order valence-electron chi connectivity index (χ1n) is 28.1. The second kappa shape index (κ2) is 49.4. The molecule has 1 aliphatic rings. The zero-order valence-corrected chi connectivity index (χ0v) is 44.2. The molecule has 9 nitrogen and oxygen atoms in total. The first-order chi connectivity index (χ1) is 34.3. The van der Waals surface area contributed by atoms with Crippen molar-refractivity contribution in [3.8, 4) is 0 Å². The van der Waals surface area contributed by atoms with Crippen molar-refractivity contribution in [2.45, 2.75) is 256 Å². The number of unbranched alkanes of at least 4 members (excludes halogenated alkanes) is 20. The van der Waals surface area contributed by atoms with E-state index in [4.69, 9.17) is 9.47 Å². The number of nitrogens with one attached hydrogen (secondary N) is 1. The largest absolute Gasteiger partial charge is 0.394 e. The highest BCUT2D eigenvalue weighted by Crippen LogP contribution is 2.23. The fraction of sp³-hybridized carbons (Fsp3) is 0.689. The lowest BCUT2D eigenvalue weighted by Gasteiger charge is -2.40. The standard InChI is InChI=1S/C61H103NO8/c1-3-5-7-9-11-13-15-17-19-21-23-24-25-26-27-28-29-30-31-33-34-36-38-40-42-44-46-48-50-55(64)54(53-69-61-60(68)59(67)58(66)56(52-63)70-61)62-57(65)51-49-47-45-43-41-39-37-35-32-22-20-18-16-14-12-10-8-6-4-2/h6,8,12,14,18,20,32-35,39-42,45,47-48,50,54-56,58-61,63-64,66-68H,3-5,7,9-11,13,15-17,19,21-31,36-38,43-44,46,49,51-53H2,1-2H3,(H,62,65)/b8-6-,14-12-,20-18-,34-33+,35-32-,41-39-,42-40+,47-45-,50-48+. The molecule has 1 saturated heterocycles. The van der Waals surface area contributed by atoms with Crippen LogP contribution in [-0.2, 0) is 14.3 Å². The Bertz CT molecular complexity index is 1460. The lowest BCUT2D eigenvalue weighted by molar-refractivity contribution is -0.302. The average Bonchev–Trinajstić information content (AvgIpc) is 3.36. The number of ether oxygens (including phenoxy) is 2. The lowest BCUT2D eigenvalue weighted by Crippen LogP contribution is -2.60. The van der Waals surface area contributed by atoms with E-state index in [1.807, 2.05) is 18.2 Å². The molecule has 0 aromatic carbocycles. The van der Waals surface area contributed by atoms with Gasteiger partial charge in [0.1, 0.15) is 24.4 Å². The van der Waals surface area contributed by atoms with E-state index in [2.05, 4.69) is 104 Å². The Morgan fingerprint density at radius 2 is 0.900 bits per heavy atom. The number of aliphatic hydroxyl groups excluding tert-OH is 5. The topological polar surface area (TPSA) is 149 Å². The second-order valence-corrected chi connectivity index (χ2v) is 19.0. The number of amides is 1. The summed E-state index contributed by atoms with van der Waals surface area (Å²) < 4.78 is 11.2. The Hall–Kier alpha value is -3.15. The maximum atomic E-state index is 13.0. The zero-order chi connectivity index (χ0) is 50.8. The molecule has 1 heterocycles. The minimum Gasteiger partial charge on any atom is -0.394 e. The van der Waals surface area contributed by atoms with Crippen molar-refractivity contribution in [1.82, 2.24) is 5.32 Å². The predicted molar refractivity (Wildman–Crippen MR) is 294 cm³/mol. The summed E-state index contributed by atoms with van der Waals surface area (Å²) in [7, 11) is 0. The molecule has 0 aromatic heterocycles. The van der Waals surface area contributed by atoms with Gasteiger partial charge in [-0.05, 0) is 83.5 Å². The molecule has 1 aliphatic heterocycles. The summed E-state index contributed by atoms with van der Waals surface area (Å²) in [5.41, 5.74) is 0. The molecular weight excluding hydrogens is 875 g/mol. The van der Waals surface area contributed by atoms with E-state index < -0.39 is 49.5 Å². The van der Waals surface area contributed by atoms with Gasteiger partial charge in [0, 0.05) is 6.42 Å². The summed E-state index contributed by atoms with van der Waals surface area (Å²) in [6.07, 6.45) is 66.0. The van der Waals surface area contributed by atoms with Crippen LogP contribution in [0.1, 0.15) is 213 Å². The first-order valence-corrected chi connectivity index (χ1v) is 28.1. The second-order valence-electron chi connectivity index (χ2n) is 19.0. The van der Waals surface area contributed by atoms with E-state index in [0.29, 0.717) is 12.8 Å². The van der Waals surface area contributed by atoms with Crippen molar-refractivity contribution in [2.24, 2.45) is 0 Å². The van der Waals surface area contributed by atoms with Gasteiger partial charge in [0.05, 0.1) is 25.4 Å². The fourth-order valence-electron chi connectivity index (χ4n) is 8.15. The van der Waals surface area contributed by atoms with Gasteiger partial charge in [-0.2, -0.15) is 0 Å². The van der Waals surface area contributed by atoms with Gasteiger partial charge < -0.3 is 40.3 Å². The van der Waals surface area contributed by atoms with Crippen molar-refractivity contribution in [3.05, 3.63) is 109 Å². The number of hydrogen-bond acceptors (Lipinski definition) is 8. The van der Waals surface area contributed by atoms with Gasteiger partial charge in [0.2, 0.25) is 5.91 Å². The van der Waals surface area contributed by atoms with Crippen LogP contribution in [0.2, 0.25) is 0 Å². The maximum absolute atomic E-state index is 13.0. The Morgan fingerprint density at radius 3 is 1.36 bits per heavy atom. The normalized spacial score (nSPS) is 20.2. The molecule has 1 fully saturated rings. The summed E-state index contributed by atoms with van der Waals surface area (Å²) in [6.45, 7) is 3.60. The smallest absolute Gasteiger partial charge is 0.220 e. The highest BCUT2D eigenvalue weighted by molar-refractivity contribution is 5.76. The monoisotopic (exact) mass is 978 g/mol. The summed E-state index contributed by atoms with van der Waals surface area (Å²) in [5, 5.41) is 54.3. The van der Waals surface area contributed by atoms with Crippen LogP contribution in [0.3, 0.4) is 0 Å². The first kappa shape index (κ1) is 64.9. The zero-order valence-electron chi connectivity index (χ0n) is 44.2. The molecule has 9 heteroatoms. The van der Waals surface area contributed by atoms with E-state index >= 15 is 0 Å². The maximum Gasteiger partial charge on any atom is 0.220 e. The Labute approximate surface area is 427 Å². The van der Waals surface area contributed by atoms with Gasteiger partial charge >= 0.3 is 0 Å². The number of hydrogen-bond donors (Lipinski definition) is 6. The van der Waals surface area contributed by atoms with Gasteiger partial charge in [-0.25, -0.2) is 0 Å². The van der Waals surface area contributed by atoms with Gasteiger partial charge in [0.15, 0.2) is 6.29 Å². The molecule has 70 heavy (non-hydrogen) atoms. The van der Waals surface area contributed by atoms with E-state index in [1.54, 1.807) is 6.08 Å². The molecular formula is C61H103NO8. The van der Waals surface area contributed by atoms with Crippen molar-refractivity contribution in [1.29, 1.82) is 0 Å². The van der Waals surface area contributed by atoms with Crippen LogP contribution in [0, 0.1) is 0 Å². The summed E-state index contributed by atoms with van der Waals surface area (Å²) >= 11 is 0. The molecule has 400 valence electrons. The van der Waals surface area contributed by atoms with Crippen molar-refractivity contribution in [3.63, 3.8) is 0 Å². The summed E-state index contributed by atoms with van der Waals surface area (Å²) in [4.78, 5) is 13.0. The summed E-state index contributed by atoms with van der Waals surface area (Å²) in [5.74, 6) is -0.276. The molecule has 0 spiro atoms. The number of rotatable bonds is 46. The van der Waals surface area contributed by atoms with E-state index in [9.17, 15) is 30.3 Å². The van der Waals surface area contributed by atoms with Crippen molar-refractivity contribution in [2.75, 3.05) is 13.2 Å². The third-order valence-electron chi connectivity index (χ3n) is 12.6. The highest BCUT2D eigenvalue weighted by Gasteiger charge is 2.44. The number of carbonyl (C=O) groups excluding carboxylic acids is 1. The quantitative estimate of drug-likeness (QED) is 0.0261. The number of allylic oxidation sites excluding steroid dienone is 17. The van der Waals surface area contributed by atoms with Crippen LogP contribution in [0.15, 0.2) is 109 Å². The van der Waals surface area contributed by atoms with Gasteiger partial charge in [-0.1, -0.05) is 232 Å². The van der Waals surface area contributed by atoms with Crippen LogP contribution in [0.4, 0.5) is 0 Å². The molecule has 7 atom stereocenters. The molecule has 7 unspecified atom stereocenters. The van der Waals surface area contributed by atoms with Gasteiger partial charge in [-0.15, -0.1) is 0 Å². The third kappa shape index (κ3) is 38.5. The summed E-state index contributed by atoms with van der Waals surface area (Å²) in [6, 6.07) is -0.877. The predicted octanol–water partition coefficient (Wildman–Crippen LogP) is 13.8. The average molecular weight is 978 g/mol. The van der Waals surface area contributed by atoms with Gasteiger partial charge in [-0.3, -0.25) is 4.79 Å². The molecule has 0 aliphatic carbocycles. The molecule has 0 radical (unpaired) electrons. The Kier molecular flexibility index (Phi) is 45.8. The number of carbonyl (C=O) groups is 1. The van der Waals surface area contributed by atoms with E-state index in [0.717, 1.165) is 64.2 Å². The van der Waals surface area contributed by atoms with Crippen LogP contribution in [-0.4, -0.2) is 87.5 Å². The molecule has 6 N–H and O–H groups in total. The third-order valence-corrected chi connectivity index (χ3v) is 12.6. The molecule has 1 rings (SSSR count). The van der Waals surface area contributed by atoms with Crippen LogP contribution in [0.25, 0.3) is 0 Å². The van der Waals surface area contributed by atoms with Crippen molar-refractivity contribution >= 4 is 5.91 Å². The lowest BCUT2D eigenvalue weighted by atomic mass is 9.99.